The van der Waals surface area contributed by atoms with Crippen molar-refractivity contribution in [1.82, 2.24) is 14.3 Å². The van der Waals surface area contributed by atoms with E-state index in [1.165, 1.54) is 11.5 Å². The highest BCUT2D eigenvalue weighted by Crippen LogP contribution is 2.31. The van der Waals surface area contributed by atoms with Crippen LogP contribution in [0, 0.1) is 11.6 Å². The van der Waals surface area contributed by atoms with Gasteiger partial charge in [-0.2, -0.15) is 4.37 Å². The van der Waals surface area contributed by atoms with Gasteiger partial charge in [-0.05, 0) is 37.8 Å². The molecule has 1 atom stereocenters. The summed E-state index contributed by atoms with van der Waals surface area (Å²) in [6.07, 6.45) is 3.58. The van der Waals surface area contributed by atoms with E-state index in [-0.39, 0.29) is 17.4 Å². The summed E-state index contributed by atoms with van der Waals surface area (Å²) < 4.78 is 56.9. The number of benzene rings is 1. The highest BCUT2D eigenvalue weighted by atomic mass is 32.2. The third kappa shape index (κ3) is 5.58. The highest BCUT2D eigenvalue weighted by Gasteiger charge is 2.36. The number of carbonyl (C=O) groups excluding carboxylic acids is 1. The molecular weight excluding hydrogens is 496 g/mol. The zero-order chi connectivity index (χ0) is 25.5. The zero-order valence-electron chi connectivity index (χ0n) is 20.3. The lowest BCUT2D eigenvalue weighted by Gasteiger charge is -2.42. The smallest absolute Gasteiger partial charge is 0.245 e. The minimum absolute atomic E-state index is 0.0423. The fraction of sp³-hybridized carbons (Fsp3) is 0.609. The van der Waals surface area contributed by atoms with E-state index in [9.17, 15) is 22.0 Å². The number of hydrogen-bond acceptors (Lipinski definition) is 8. The van der Waals surface area contributed by atoms with E-state index >= 15 is 0 Å². The van der Waals surface area contributed by atoms with E-state index in [1.54, 1.807) is 0 Å². The van der Waals surface area contributed by atoms with Crippen molar-refractivity contribution in [3.05, 3.63) is 29.6 Å². The maximum atomic E-state index is 14.5. The second kappa shape index (κ2) is 9.61. The van der Waals surface area contributed by atoms with Crippen molar-refractivity contribution in [2.75, 3.05) is 36.1 Å². The Labute approximate surface area is 208 Å². The maximum Gasteiger partial charge on any atom is 0.245 e. The molecule has 2 aromatic rings. The summed E-state index contributed by atoms with van der Waals surface area (Å²) >= 11 is 1.39. The molecule has 1 N–H and O–H groups in total. The number of likely N-dealkylation sites (tertiary alicyclic amines) is 1. The van der Waals surface area contributed by atoms with E-state index in [4.69, 9.17) is 0 Å². The fourth-order valence-electron chi connectivity index (χ4n) is 4.49. The van der Waals surface area contributed by atoms with E-state index in [2.05, 4.69) is 40.3 Å². The van der Waals surface area contributed by atoms with Crippen LogP contribution in [0.15, 0.2) is 17.0 Å². The summed E-state index contributed by atoms with van der Waals surface area (Å²) in [6, 6.07) is 0.827. The van der Waals surface area contributed by atoms with Gasteiger partial charge in [0, 0.05) is 48.9 Å². The molecule has 8 nitrogen and oxygen atoms in total. The largest absolute Gasteiger partial charge is 0.369 e. The minimum Gasteiger partial charge on any atom is -0.369 e. The normalized spacial score (nSPS) is 20.4. The van der Waals surface area contributed by atoms with Gasteiger partial charge in [0.1, 0.15) is 17.6 Å². The number of amides is 1. The van der Waals surface area contributed by atoms with Gasteiger partial charge in [0.05, 0.1) is 4.90 Å². The Morgan fingerprint density at radius 2 is 1.71 bits per heavy atom. The molecule has 0 spiro atoms. The van der Waals surface area contributed by atoms with Crippen molar-refractivity contribution < 1.29 is 22.0 Å². The Morgan fingerprint density at radius 1 is 1.09 bits per heavy atom. The number of sulfone groups is 1. The van der Waals surface area contributed by atoms with Gasteiger partial charge in [-0.3, -0.25) is 4.79 Å². The lowest BCUT2D eigenvalue weighted by atomic mass is 9.96. The van der Waals surface area contributed by atoms with Crippen molar-refractivity contribution in [2.45, 2.75) is 68.8 Å². The number of anilines is 2. The Morgan fingerprint density at radius 3 is 2.26 bits per heavy atom. The molecule has 192 valence electrons. The predicted molar refractivity (Wildman–Crippen MR) is 132 cm³/mol. The van der Waals surface area contributed by atoms with Crippen LogP contribution in [0.1, 0.15) is 52.3 Å². The molecule has 0 unspecified atom stereocenters. The summed E-state index contributed by atoms with van der Waals surface area (Å²) in [5, 5.41) is 3.59. The molecule has 1 aromatic carbocycles. The van der Waals surface area contributed by atoms with Gasteiger partial charge in [0.2, 0.25) is 11.0 Å². The van der Waals surface area contributed by atoms with Gasteiger partial charge < -0.3 is 15.1 Å². The second-order valence-corrected chi connectivity index (χ2v) is 13.0. The molecule has 3 heterocycles. The molecular formula is C23H31F2N5O3S2. The highest BCUT2D eigenvalue weighted by molar-refractivity contribution is 7.90. The van der Waals surface area contributed by atoms with Gasteiger partial charge in [0.15, 0.2) is 21.5 Å². The molecule has 4 rings (SSSR count). The van der Waals surface area contributed by atoms with Gasteiger partial charge in [-0.15, -0.1) is 0 Å². The lowest BCUT2D eigenvalue weighted by molar-refractivity contribution is -0.137. The Balaban J connectivity index is 1.41. The van der Waals surface area contributed by atoms with Crippen molar-refractivity contribution in [3.8, 4) is 0 Å². The molecule has 12 heteroatoms. The van der Waals surface area contributed by atoms with E-state index in [0.717, 1.165) is 55.3 Å². The molecule has 0 aliphatic carbocycles. The van der Waals surface area contributed by atoms with Gasteiger partial charge in [0.25, 0.3) is 0 Å². The number of halogens is 2. The minimum atomic E-state index is -3.76. The monoisotopic (exact) mass is 527 g/mol. The molecule has 1 aromatic heterocycles. The van der Waals surface area contributed by atoms with Crippen LogP contribution >= 0.6 is 11.5 Å². The summed E-state index contributed by atoms with van der Waals surface area (Å²) in [7, 11) is -3.76. The number of carbonyl (C=O) groups is 1. The SMILES string of the molecule is CC(C)(C)c1nsc(N2CCC(N3CCC[C@H](Nc4c(F)cc(S(C)(=O)=O)cc4F)C3=O)CC2)n1. The Hall–Kier alpha value is -2.34. The lowest BCUT2D eigenvalue weighted by Crippen LogP contribution is -2.54. The van der Waals surface area contributed by atoms with Crippen LogP contribution in [0.4, 0.5) is 19.6 Å². The molecule has 2 fully saturated rings. The number of aromatic nitrogens is 2. The molecule has 2 aliphatic heterocycles. The third-order valence-electron chi connectivity index (χ3n) is 6.50. The second-order valence-electron chi connectivity index (χ2n) is 10.3. The molecule has 1 amide bonds. The summed E-state index contributed by atoms with van der Waals surface area (Å²) in [4.78, 5) is 21.5. The molecule has 0 bridgehead atoms. The van der Waals surface area contributed by atoms with Crippen LogP contribution in [0.3, 0.4) is 0 Å². The van der Waals surface area contributed by atoms with E-state index in [0.29, 0.717) is 19.4 Å². The summed E-state index contributed by atoms with van der Waals surface area (Å²) in [5.74, 6) is -1.43. The van der Waals surface area contributed by atoms with Crippen LogP contribution in [-0.4, -0.2) is 66.6 Å². The quantitative estimate of drug-likeness (QED) is 0.635. The first kappa shape index (κ1) is 25.7. The average molecular weight is 528 g/mol. The fourth-order valence-corrected chi connectivity index (χ4v) is 6.03. The zero-order valence-corrected chi connectivity index (χ0v) is 22.0. The van der Waals surface area contributed by atoms with Crippen LogP contribution in [0.5, 0.6) is 0 Å². The van der Waals surface area contributed by atoms with Gasteiger partial charge >= 0.3 is 0 Å². The van der Waals surface area contributed by atoms with Crippen molar-refractivity contribution in [3.63, 3.8) is 0 Å². The van der Waals surface area contributed by atoms with Crippen molar-refractivity contribution >= 4 is 38.1 Å². The Bertz CT molecular complexity index is 1180. The average Bonchev–Trinajstić information content (AvgIpc) is 3.28. The number of rotatable bonds is 5. The first-order chi connectivity index (χ1) is 16.3. The van der Waals surface area contributed by atoms with E-state index < -0.39 is 38.1 Å². The van der Waals surface area contributed by atoms with Crippen LogP contribution in [0.2, 0.25) is 0 Å². The number of hydrogen-bond donors (Lipinski definition) is 1. The van der Waals surface area contributed by atoms with Crippen molar-refractivity contribution in [2.24, 2.45) is 0 Å². The maximum absolute atomic E-state index is 14.5. The predicted octanol–water partition coefficient (Wildman–Crippen LogP) is 3.59. The summed E-state index contributed by atoms with van der Waals surface area (Å²) in [6.45, 7) is 8.34. The number of nitrogens with zero attached hydrogens (tertiary/aromatic N) is 4. The first-order valence-electron chi connectivity index (χ1n) is 11.7. The molecule has 2 aliphatic rings. The van der Waals surface area contributed by atoms with Crippen molar-refractivity contribution in [1.29, 1.82) is 0 Å². The first-order valence-corrected chi connectivity index (χ1v) is 14.4. The van der Waals surface area contributed by atoms with Gasteiger partial charge in [-0.1, -0.05) is 20.8 Å². The van der Waals surface area contributed by atoms with Gasteiger partial charge in [-0.25, -0.2) is 22.2 Å². The number of piperidine rings is 2. The van der Waals surface area contributed by atoms with Crippen LogP contribution < -0.4 is 10.2 Å². The third-order valence-corrected chi connectivity index (χ3v) is 8.37. The van der Waals surface area contributed by atoms with Crippen LogP contribution in [-0.2, 0) is 20.0 Å². The van der Waals surface area contributed by atoms with E-state index in [1.807, 2.05) is 4.90 Å². The number of nitrogens with one attached hydrogen (secondary N) is 1. The Kier molecular flexibility index (Phi) is 7.07. The summed E-state index contributed by atoms with van der Waals surface area (Å²) in [5.41, 5.74) is -0.585. The molecule has 35 heavy (non-hydrogen) atoms. The standard InChI is InChI=1S/C23H31F2N5O3S2/c1-23(2,3)21-27-22(34-28-21)29-10-7-14(8-11-29)30-9-5-6-18(20(30)31)26-19-16(24)12-15(13-17(19)25)35(4,32)33/h12-14,18,26H,5-11H2,1-4H3/t18-/m0/s1. The topological polar surface area (TPSA) is 95.5 Å². The molecule has 0 saturated carbocycles. The molecule has 0 radical (unpaired) electrons. The molecule has 2 saturated heterocycles. The van der Waals surface area contributed by atoms with Crippen LogP contribution in [0.25, 0.3) is 0 Å².